The van der Waals surface area contributed by atoms with E-state index in [9.17, 15) is 4.79 Å². The van der Waals surface area contributed by atoms with Crippen molar-refractivity contribution in [2.75, 3.05) is 7.11 Å². The number of esters is 1. The Morgan fingerprint density at radius 2 is 2.27 bits per heavy atom. The van der Waals surface area contributed by atoms with Gasteiger partial charge in [0.05, 0.1) is 19.1 Å². The molecule has 1 aromatic rings. The summed E-state index contributed by atoms with van der Waals surface area (Å²) in [6.07, 6.45) is 3.96. The summed E-state index contributed by atoms with van der Waals surface area (Å²) in [5, 5.41) is 0. The lowest BCUT2D eigenvalue weighted by Crippen LogP contribution is -2.23. The van der Waals surface area contributed by atoms with Crippen molar-refractivity contribution in [1.82, 2.24) is 9.55 Å². The van der Waals surface area contributed by atoms with Gasteiger partial charge in [0, 0.05) is 5.69 Å². The molecule has 0 aliphatic heterocycles. The van der Waals surface area contributed by atoms with Gasteiger partial charge in [-0.2, -0.15) is 0 Å². The number of hydrogen-bond donors (Lipinski definition) is 0. The molecule has 1 aromatic heterocycles. The van der Waals surface area contributed by atoms with Crippen LogP contribution in [0, 0.1) is 19.8 Å². The Balaban J connectivity index is 2.32. The maximum Gasteiger partial charge on any atom is 0.329 e. The smallest absolute Gasteiger partial charge is 0.329 e. The number of imidazole rings is 1. The standard InChI is InChI=1S/C11H16N2O2/c1-7-8(2)13(6-12-7)10(9-4-5-9)11(14)15-3/h6,9-10H,4-5H2,1-3H3. The minimum absolute atomic E-state index is 0.155. The van der Waals surface area contributed by atoms with Crippen molar-refractivity contribution in [3.63, 3.8) is 0 Å². The Morgan fingerprint density at radius 1 is 1.60 bits per heavy atom. The molecular weight excluding hydrogens is 192 g/mol. The Labute approximate surface area is 89.3 Å². The third-order valence-electron chi connectivity index (χ3n) is 3.10. The average molecular weight is 208 g/mol. The molecule has 2 rings (SSSR count). The van der Waals surface area contributed by atoms with Crippen LogP contribution in [-0.2, 0) is 9.53 Å². The zero-order valence-electron chi connectivity index (χ0n) is 9.36. The SMILES string of the molecule is COC(=O)C(C1CC1)n1cnc(C)c1C. The summed E-state index contributed by atoms with van der Waals surface area (Å²) >= 11 is 0. The predicted octanol–water partition coefficient (Wildman–Crippen LogP) is 1.62. The molecule has 1 unspecified atom stereocenters. The topological polar surface area (TPSA) is 44.1 Å². The molecule has 15 heavy (non-hydrogen) atoms. The van der Waals surface area contributed by atoms with Crippen LogP contribution in [0.15, 0.2) is 6.33 Å². The van der Waals surface area contributed by atoms with E-state index in [4.69, 9.17) is 4.74 Å². The fourth-order valence-corrected chi connectivity index (χ4v) is 1.86. The molecule has 4 heteroatoms. The molecule has 0 spiro atoms. The highest BCUT2D eigenvalue weighted by molar-refractivity contribution is 5.75. The van der Waals surface area contributed by atoms with Gasteiger partial charge in [0.25, 0.3) is 0 Å². The summed E-state index contributed by atoms with van der Waals surface area (Å²) in [5.41, 5.74) is 2.03. The lowest BCUT2D eigenvalue weighted by molar-refractivity contribution is -0.145. The molecule has 1 heterocycles. The minimum Gasteiger partial charge on any atom is -0.467 e. The van der Waals surface area contributed by atoms with Crippen molar-refractivity contribution in [2.24, 2.45) is 5.92 Å². The maximum atomic E-state index is 11.7. The predicted molar refractivity (Wildman–Crippen MR) is 55.5 cm³/mol. The van der Waals surface area contributed by atoms with Crippen LogP contribution in [-0.4, -0.2) is 22.6 Å². The van der Waals surface area contributed by atoms with E-state index >= 15 is 0 Å². The second-order valence-electron chi connectivity index (χ2n) is 4.13. The van der Waals surface area contributed by atoms with Crippen molar-refractivity contribution >= 4 is 5.97 Å². The molecule has 1 saturated carbocycles. The number of ether oxygens (including phenoxy) is 1. The molecule has 1 aliphatic rings. The number of nitrogens with zero attached hydrogens (tertiary/aromatic N) is 2. The molecule has 0 saturated heterocycles. The lowest BCUT2D eigenvalue weighted by atomic mass is 10.1. The summed E-state index contributed by atoms with van der Waals surface area (Å²) in [7, 11) is 1.44. The highest BCUT2D eigenvalue weighted by atomic mass is 16.5. The molecule has 4 nitrogen and oxygen atoms in total. The molecule has 0 radical (unpaired) electrons. The van der Waals surface area contributed by atoms with Crippen LogP contribution in [0.3, 0.4) is 0 Å². The van der Waals surface area contributed by atoms with Gasteiger partial charge in [0.2, 0.25) is 0 Å². The van der Waals surface area contributed by atoms with Crippen LogP contribution in [0.1, 0.15) is 30.3 Å². The summed E-state index contributed by atoms with van der Waals surface area (Å²) in [6.45, 7) is 3.94. The second kappa shape index (κ2) is 3.68. The van der Waals surface area contributed by atoms with Gasteiger partial charge in [-0.15, -0.1) is 0 Å². The van der Waals surface area contributed by atoms with Crippen molar-refractivity contribution in [1.29, 1.82) is 0 Å². The van der Waals surface area contributed by atoms with Crippen LogP contribution in [0.5, 0.6) is 0 Å². The number of carbonyl (C=O) groups excluding carboxylic acids is 1. The van der Waals surface area contributed by atoms with Crippen molar-refractivity contribution in [3.05, 3.63) is 17.7 Å². The highest BCUT2D eigenvalue weighted by Crippen LogP contribution is 2.41. The van der Waals surface area contributed by atoms with Crippen molar-refractivity contribution < 1.29 is 9.53 Å². The molecule has 82 valence electrons. The zero-order valence-corrected chi connectivity index (χ0v) is 9.36. The third-order valence-corrected chi connectivity index (χ3v) is 3.10. The fourth-order valence-electron chi connectivity index (χ4n) is 1.86. The van der Waals surface area contributed by atoms with Crippen LogP contribution in [0.25, 0.3) is 0 Å². The molecule has 0 N–H and O–H groups in total. The second-order valence-corrected chi connectivity index (χ2v) is 4.13. The molecule has 0 aromatic carbocycles. The van der Waals surface area contributed by atoms with Gasteiger partial charge in [-0.1, -0.05) is 0 Å². The number of hydrogen-bond acceptors (Lipinski definition) is 3. The van der Waals surface area contributed by atoms with E-state index in [0.29, 0.717) is 5.92 Å². The first-order valence-electron chi connectivity index (χ1n) is 5.23. The molecule has 1 fully saturated rings. The average Bonchev–Trinajstić information content (AvgIpc) is 3.00. The van der Waals surface area contributed by atoms with Gasteiger partial charge in [-0.25, -0.2) is 9.78 Å². The molecule has 1 aliphatic carbocycles. The van der Waals surface area contributed by atoms with Crippen LogP contribution in [0.4, 0.5) is 0 Å². The molecule has 0 bridgehead atoms. The largest absolute Gasteiger partial charge is 0.467 e. The zero-order chi connectivity index (χ0) is 11.0. The summed E-state index contributed by atoms with van der Waals surface area (Å²) in [6, 6.07) is -0.170. The molecular formula is C11H16N2O2. The van der Waals surface area contributed by atoms with Gasteiger partial charge in [-0.3, -0.25) is 0 Å². The van der Waals surface area contributed by atoms with E-state index in [2.05, 4.69) is 4.98 Å². The van der Waals surface area contributed by atoms with Gasteiger partial charge in [-0.05, 0) is 32.6 Å². The number of aromatic nitrogens is 2. The minimum atomic E-state index is -0.170. The third kappa shape index (κ3) is 1.76. The van der Waals surface area contributed by atoms with E-state index in [1.54, 1.807) is 6.33 Å². The summed E-state index contributed by atoms with van der Waals surface area (Å²) in [4.78, 5) is 15.9. The first-order valence-corrected chi connectivity index (χ1v) is 5.23. The van der Waals surface area contributed by atoms with Crippen LogP contribution < -0.4 is 0 Å². The Kier molecular flexibility index (Phi) is 2.50. The first kappa shape index (κ1) is 10.2. The van der Waals surface area contributed by atoms with Gasteiger partial charge in [0.15, 0.2) is 0 Å². The first-order chi connectivity index (χ1) is 7.15. The molecule has 1 atom stereocenters. The molecule has 0 amide bonds. The Bertz CT molecular complexity index is 380. The Hall–Kier alpha value is -1.32. The Morgan fingerprint density at radius 3 is 2.67 bits per heavy atom. The van der Waals surface area contributed by atoms with Crippen LogP contribution in [0.2, 0.25) is 0 Å². The number of rotatable bonds is 3. The monoisotopic (exact) mass is 208 g/mol. The number of methoxy groups -OCH3 is 1. The van der Waals surface area contributed by atoms with Crippen molar-refractivity contribution in [2.45, 2.75) is 32.7 Å². The van der Waals surface area contributed by atoms with E-state index < -0.39 is 0 Å². The van der Waals surface area contributed by atoms with E-state index in [0.717, 1.165) is 24.2 Å². The summed E-state index contributed by atoms with van der Waals surface area (Å²) in [5.74, 6) is 0.280. The normalized spacial score (nSPS) is 17.5. The van der Waals surface area contributed by atoms with E-state index in [1.165, 1.54) is 7.11 Å². The van der Waals surface area contributed by atoms with Gasteiger partial charge in [0.1, 0.15) is 6.04 Å². The summed E-state index contributed by atoms with van der Waals surface area (Å²) < 4.78 is 6.79. The van der Waals surface area contributed by atoms with E-state index in [-0.39, 0.29) is 12.0 Å². The van der Waals surface area contributed by atoms with E-state index in [1.807, 2.05) is 18.4 Å². The lowest BCUT2D eigenvalue weighted by Gasteiger charge is -2.17. The fraction of sp³-hybridized carbons (Fsp3) is 0.636. The highest BCUT2D eigenvalue weighted by Gasteiger charge is 2.38. The quantitative estimate of drug-likeness (QED) is 0.709. The van der Waals surface area contributed by atoms with Gasteiger partial charge < -0.3 is 9.30 Å². The number of carbonyl (C=O) groups is 1. The van der Waals surface area contributed by atoms with Gasteiger partial charge >= 0.3 is 5.97 Å². The number of aryl methyl sites for hydroxylation is 1. The maximum absolute atomic E-state index is 11.7. The van der Waals surface area contributed by atoms with Crippen LogP contribution >= 0.6 is 0 Å². The van der Waals surface area contributed by atoms with Crippen molar-refractivity contribution in [3.8, 4) is 0 Å².